The zero-order valence-electron chi connectivity index (χ0n) is 14.4. The number of nitrogens with two attached hydrogens (primary N) is 1. The standard InChI is InChI=1S/C15H24F3N7O/c16-15(17,18)12-2-4-22-14(24-12)23-6-5-21-13(19)20-3-1-7-25-8-10-26-11-9-25/h2,4H,1,3,5-11H2,(H3,19,20,21)(H,22,23,24). The van der Waals surface area contributed by atoms with Gasteiger partial charge in [0.05, 0.1) is 13.2 Å². The number of rotatable bonds is 8. The lowest BCUT2D eigenvalue weighted by molar-refractivity contribution is -0.141. The van der Waals surface area contributed by atoms with Gasteiger partial charge in [-0.25, -0.2) is 9.97 Å². The first-order valence-corrected chi connectivity index (χ1v) is 8.43. The van der Waals surface area contributed by atoms with Crippen molar-refractivity contribution in [2.45, 2.75) is 12.6 Å². The molecule has 1 aromatic rings. The van der Waals surface area contributed by atoms with Crippen LogP contribution >= 0.6 is 0 Å². The van der Waals surface area contributed by atoms with Gasteiger partial charge >= 0.3 is 6.18 Å². The second kappa shape index (κ2) is 10.1. The maximum absolute atomic E-state index is 12.6. The Morgan fingerprint density at radius 2 is 2.08 bits per heavy atom. The number of morpholine rings is 1. The number of nitrogens with one attached hydrogen (secondary N) is 2. The van der Waals surface area contributed by atoms with Crippen molar-refractivity contribution in [1.29, 1.82) is 0 Å². The number of hydrogen-bond acceptors (Lipinski definition) is 6. The molecule has 4 N–H and O–H groups in total. The van der Waals surface area contributed by atoms with Gasteiger partial charge in [0.25, 0.3) is 0 Å². The molecular weight excluding hydrogens is 351 g/mol. The second-order valence-corrected chi connectivity index (χ2v) is 5.69. The van der Waals surface area contributed by atoms with Gasteiger partial charge < -0.3 is 21.1 Å². The number of nitrogens with zero attached hydrogens (tertiary/aromatic N) is 4. The highest BCUT2D eigenvalue weighted by Crippen LogP contribution is 2.27. The summed E-state index contributed by atoms with van der Waals surface area (Å²) in [7, 11) is 0. The molecule has 8 nitrogen and oxygen atoms in total. The Morgan fingerprint density at radius 1 is 1.31 bits per heavy atom. The highest BCUT2D eigenvalue weighted by molar-refractivity contribution is 5.77. The molecule has 2 heterocycles. The molecule has 146 valence electrons. The molecule has 1 aliphatic heterocycles. The fourth-order valence-electron chi connectivity index (χ4n) is 2.34. The van der Waals surface area contributed by atoms with Crippen LogP contribution in [0.5, 0.6) is 0 Å². The Labute approximate surface area is 150 Å². The summed E-state index contributed by atoms with van der Waals surface area (Å²) < 4.78 is 43.0. The summed E-state index contributed by atoms with van der Waals surface area (Å²) in [6.45, 7) is 5.70. The number of alkyl halides is 3. The van der Waals surface area contributed by atoms with Crippen molar-refractivity contribution < 1.29 is 17.9 Å². The topological polar surface area (TPSA) is 101 Å². The summed E-state index contributed by atoms with van der Waals surface area (Å²) in [6, 6.07) is 0.824. The van der Waals surface area contributed by atoms with Gasteiger partial charge in [0.2, 0.25) is 5.95 Å². The summed E-state index contributed by atoms with van der Waals surface area (Å²) in [5.41, 5.74) is 4.77. The predicted molar refractivity (Wildman–Crippen MR) is 91.9 cm³/mol. The lowest BCUT2D eigenvalue weighted by Gasteiger charge is -2.26. The molecule has 0 bridgehead atoms. The van der Waals surface area contributed by atoms with Gasteiger partial charge in [-0.05, 0) is 12.5 Å². The molecule has 0 unspecified atom stereocenters. The van der Waals surface area contributed by atoms with E-state index in [0.717, 1.165) is 51.5 Å². The normalized spacial score (nSPS) is 16.5. The second-order valence-electron chi connectivity index (χ2n) is 5.69. The van der Waals surface area contributed by atoms with Gasteiger partial charge in [-0.3, -0.25) is 9.89 Å². The van der Waals surface area contributed by atoms with Crippen LogP contribution in [0.2, 0.25) is 0 Å². The van der Waals surface area contributed by atoms with E-state index in [1.807, 2.05) is 0 Å². The summed E-state index contributed by atoms with van der Waals surface area (Å²) in [5, 5.41) is 5.60. The number of halogens is 3. The van der Waals surface area contributed by atoms with Gasteiger partial charge in [0.1, 0.15) is 5.69 Å². The molecular formula is C15H24F3N7O. The molecule has 0 spiro atoms. The quantitative estimate of drug-likeness (QED) is 0.346. The fraction of sp³-hybridized carbons (Fsp3) is 0.667. The number of aliphatic imine (C=N–C) groups is 1. The average molecular weight is 375 g/mol. The molecule has 2 rings (SSSR count). The van der Waals surface area contributed by atoms with Crippen LogP contribution in [0.15, 0.2) is 17.3 Å². The van der Waals surface area contributed by atoms with Crippen LogP contribution in [0.1, 0.15) is 12.1 Å². The molecule has 1 fully saturated rings. The van der Waals surface area contributed by atoms with Crippen molar-refractivity contribution in [3.05, 3.63) is 18.0 Å². The van der Waals surface area contributed by atoms with Crippen LogP contribution in [0.25, 0.3) is 0 Å². The van der Waals surface area contributed by atoms with Crippen LogP contribution in [-0.4, -0.2) is 73.3 Å². The van der Waals surface area contributed by atoms with Gasteiger partial charge in [0.15, 0.2) is 5.96 Å². The zero-order valence-corrected chi connectivity index (χ0v) is 14.4. The summed E-state index contributed by atoms with van der Waals surface area (Å²) in [5.74, 6) is 0.224. The van der Waals surface area contributed by atoms with Crippen LogP contribution < -0.4 is 16.4 Å². The number of guanidine groups is 1. The van der Waals surface area contributed by atoms with Gasteiger partial charge in [-0.1, -0.05) is 0 Å². The smallest absolute Gasteiger partial charge is 0.379 e. The average Bonchev–Trinajstić information content (AvgIpc) is 2.63. The maximum atomic E-state index is 12.6. The first kappa shape index (κ1) is 20.2. The summed E-state index contributed by atoms with van der Waals surface area (Å²) >= 11 is 0. The van der Waals surface area contributed by atoms with Crippen molar-refractivity contribution in [1.82, 2.24) is 20.2 Å². The zero-order chi connectivity index (χ0) is 18.8. The fourth-order valence-corrected chi connectivity index (χ4v) is 2.34. The van der Waals surface area contributed by atoms with Crippen LogP contribution in [0, 0.1) is 0 Å². The largest absolute Gasteiger partial charge is 0.433 e. The van der Waals surface area contributed by atoms with Gasteiger partial charge in [-0.2, -0.15) is 13.2 Å². The highest BCUT2D eigenvalue weighted by Gasteiger charge is 2.32. The summed E-state index contributed by atoms with van der Waals surface area (Å²) in [6.07, 6.45) is -2.52. The highest BCUT2D eigenvalue weighted by atomic mass is 19.4. The van der Waals surface area contributed by atoms with Gasteiger partial charge in [-0.15, -0.1) is 0 Å². The van der Waals surface area contributed by atoms with E-state index >= 15 is 0 Å². The van der Waals surface area contributed by atoms with Crippen LogP contribution in [-0.2, 0) is 10.9 Å². The van der Waals surface area contributed by atoms with Crippen molar-refractivity contribution in [2.24, 2.45) is 10.7 Å². The first-order valence-electron chi connectivity index (χ1n) is 8.43. The van der Waals surface area contributed by atoms with E-state index < -0.39 is 11.9 Å². The van der Waals surface area contributed by atoms with Crippen molar-refractivity contribution in [2.75, 3.05) is 57.8 Å². The number of hydrogen-bond donors (Lipinski definition) is 3. The minimum atomic E-state index is -4.49. The third kappa shape index (κ3) is 7.40. The van der Waals surface area contributed by atoms with Gasteiger partial charge in [0, 0.05) is 45.5 Å². The SMILES string of the molecule is NC(=NCCCN1CCOCC1)NCCNc1nccc(C(F)(F)F)n1. The van der Waals surface area contributed by atoms with Crippen LogP contribution in [0.4, 0.5) is 19.1 Å². The molecule has 1 aromatic heterocycles. The lowest BCUT2D eigenvalue weighted by Crippen LogP contribution is -2.37. The molecule has 1 aliphatic rings. The molecule has 0 aliphatic carbocycles. The van der Waals surface area contributed by atoms with E-state index in [2.05, 4.69) is 30.5 Å². The first-order chi connectivity index (χ1) is 12.4. The van der Waals surface area contributed by atoms with E-state index in [0.29, 0.717) is 25.6 Å². The van der Waals surface area contributed by atoms with E-state index in [9.17, 15) is 13.2 Å². The monoisotopic (exact) mass is 375 g/mol. The van der Waals surface area contributed by atoms with E-state index in [-0.39, 0.29) is 5.95 Å². The predicted octanol–water partition coefficient (Wildman–Crippen LogP) is 0.534. The Morgan fingerprint density at radius 3 is 2.81 bits per heavy atom. The lowest BCUT2D eigenvalue weighted by atomic mass is 10.3. The molecule has 11 heteroatoms. The Balaban J connectivity index is 1.60. The maximum Gasteiger partial charge on any atom is 0.433 e. The molecule has 1 saturated heterocycles. The molecule has 0 saturated carbocycles. The Hall–Kier alpha value is -2.14. The minimum absolute atomic E-state index is 0.0809. The number of ether oxygens (including phenoxy) is 1. The minimum Gasteiger partial charge on any atom is -0.379 e. The Bertz CT molecular complexity index is 577. The van der Waals surface area contributed by atoms with Crippen molar-refractivity contribution in [3.63, 3.8) is 0 Å². The summed E-state index contributed by atoms with van der Waals surface area (Å²) in [4.78, 5) is 13.7. The number of anilines is 1. The van der Waals surface area contributed by atoms with Crippen molar-refractivity contribution in [3.8, 4) is 0 Å². The van der Waals surface area contributed by atoms with Crippen molar-refractivity contribution >= 4 is 11.9 Å². The molecule has 0 amide bonds. The third-order valence-corrected chi connectivity index (χ3v) is 3.68. The molecule has 0 atom stereocenters. The molecule has 26 heavy (non-hydrogen) atoms. The molecule has 0 aromatic carbocycles. The third-order valence-electron chi connectivity index (χ3n) is 3.68. The van der Waals surface area contributed by atoms with E-state index in [4.69, 9.17) is 10.5 Å². The molecule has 0 radical (unpaired) electrons. The van der Waals surface area contributed by atoms with E-state index in [1.165, 1.54) is 0 Å². The van der Waals surface area contributed by atoms with E-state index in [1.54, 1.807) is 0 Å². The number of aromatic nitrogens is 2. The Kier molecular flexibility index (Phi) is 7.85. The van der Waals surface area contributed by atoms with Crippen LogP contribution in [0.3, 0.4) is 0 Å².